The van der Waals surface area contributed by atoms with E-state index in [1.165, 1.54) is 0 Å². The standard InChI is InChI=1S/C14H18ClNO3/c1-10(19-12-4-2-3-11(15)7-12)13(18)16-8-14(9-17)5-6-14/h2-4,7,10,17H,5-6,8-9H2,1H3,(H,16,18). The summed E-state index contributed by atoms with van der Waals surface area (Å²) < 4.78 is 5.52. The van der Waals surface area contributed by atoms with Gasteiger partial charge in [0.2, 0.25) is 0 Å². The van der Waals surface area contributed by atoms with Crippen molar-refractivity contribution in [3.05, 3.63) is 29.3 Å². The molecule has 19 heavy (non-hydrogen) atoms. The van der Waals surface area contributed by atoms with E-state index < -0.39 is 6.10 Å². The predicted molar refractivity (Wildman–Crippen MR) is 73.3 cm³/mol. The molecule has 2 rings (SSSR count). The number of ether oxygens (including phenoxy) is 1. The van der Waals surface area contributed by atoms with Crippen molar-refractivity contribution in [3.8, 4) is 5.75 Å². The van der Waals surface area contributed by atoms with Crippen LogP contribution in [0.15, 0.2) is 24.3 Å². The van der Waals surface area contributed by atoms with E-state index in [1.807, 2.05) is 0 Å². The first-order valence-corrected chi connectivity index (χ1v) is 6.73. The fourth-order valence-corrected chi connectivity index (χ4v) is 1.96. The van der Waals surface area contributed by atoms with Gasteiger partial charge in [-0.2, -0.15) is 0 Å². The molecule has 0 aromatic heterocycles. The lowest BCUT2D eigenvalue weighted by Gasteiger charge is -2.17. The van der Waals surface area contributed by atoms with Crippen molar-refractivity contribution in [2.45, 2.75) is 25.9 Å². The molecule has 2 N–H and O–H groups in total. The van der Waals surface area contributed by atoms with Gasteiger partial charge in [-0.15, -0.1) is 0 Å². The van der Waals surface area contributed by atoms with Crippen LogP contribution in [0.1, 0.15) is 19.8 Å². The molecule has 1 aromatic rings. The van der Waals surface area contributed by atoms with Gasteiger partial charge in [0.05, 0.1) is 6.61 Å². The second kappa shape index (κ2) is 5.80. The van der Waals surface area contributed by atoms with Gasteiger partial charge in [-0.05, 0) is 38.0 Å². The van der Waals surface area contributed by atoms with Crippen LogP contribution in [0.5, 0.6) is 5.75 Å². The van der Waals surface area contributed by atoms with Crippen LogP contribution in [-0.2, 0) is 4.79 Å². The fourth-order valence-electron chi connectivity index (χ4n) is 1.78. The molecule has 1 fully saturated rings. The first-order chi connectivity index (χ1) is 9.04. The van der Waals surface area contributed by atoms with Crippen LogP contribution in [0, 0.1) is 5.41 Å². The van der Waals surface area contributed by atoms with Gasteiger partial charge in [0.1, 0.15) is 5.75 Å². The van der Waals surface area contributed by atoms with Crippen LogP contribution in [0.3, 0.4) is 0 Å². The number of aliphatic hydroxyl groups is 1. The molecular weight excluding hydrogens is 266 g/mol. The molecule has 1 aromatic carbocycles. The maximum atomic E-state index is 11.9. The van der Waals surface area contributed by atoms with E-state index in [1.54, 1.807) is 31.2 Å². The van der Waals surface area contributed by atoms with E-state index >= 15 is 0 Å². The molecule has 0 bridgehead atoms. The molecule has 0 heterocycles. The molecule has 0 saturated heterocycles. The molecule has 0 radical (unpaired) electrons. The van der Waals surface area contributed by atoms with Crippen LogP contribution in [0.25, 0.3) is 0 Å². The fraction of sp³-hybridized carbons (Fsp3) is 0.500. The minimum Gasteiger partial charge on any atom is -0.481 e. The molecule has 1 saturated carbocycles. The van der Waals surface area contributed by atoms with Crippen molar-refractivity contribution >= 4 is 17.5 Å². The topological polar surface area (TPSA) is 58.6 Å². The lowest BCUT2D eigenvalue weighted by molar-refractivity contribution is -0.127. The maximum absolute atomic E-state index is 11.9. The average molecular weight is 284 g/mol. The summed E-state index contributed by atoms with van der Waals surface area (Å²) in [7, 11) is 0. The van der Waals surface area contributed by atoms with E-state index in [-0.39, 0.29) is 17.9 Å². The molecule has 1 atom stereocenters. The molecule has 4 nitrogen and oxygen atoms in total. The number of halogens is 1. The molecule has 0 spiro atoms. The first-order valence-electron chi connectivity index (χ1n) is 6.35. The monoisotopic (exact) mass is 283 g/mol. The second-order valence-corrected chi connectivity index (χ2v) is 5.53. The zero-order valence-corrected chi connectivity index (χ0v) is 11.6. The number of nitrogens with one attached hydrogen (secondary N) is 1. The average Bonchev–Trinajstić information content (AvgIpc) is 3.16. The van der Waals surface area contributed by atoms with Gasteiger partial charge in [0, 0.05) is 17.0 Å². The Bertz CT molecular complexity index is 460. The van der Waals surface area contributed by atoms with Crippen LogP contribution in [-0.4, -0.2) is 30.3 Å². The van der Waals surface area contributed by atoms with Crippen LogP contribution in [0.4, 0.5) is 0 Å². The Kier molecular flexibility index (Phi) is 4.32. The van der Waals surface area contributed by atoms with E-state index in [0.29, 0.717) is 17.3 Å². The number of rotatable bonds is 6. The van der Waals surface area contributed by atoms with Gasteiger partial charge in [-0.1, -0.05) is 17.7 Å². The van der Waals surface area contributed by atoms with Gasteiger partial charge in [0.15, 0.2) is 6.10 Å². The molecular formula is C14H18ClNO3. The first kappa shape index (κ1) is 14.2. The highest BCUT2D eigenvalue weighted by Crippen LogP contribution is 2.44. The molecule has 1 unspecified atom stereocenters. The van der Waals surface area contributed by atoms with Crippen LogP contribution >= 0.6 is 11.6 Å². The number of benzene rings is 1. The highest BCUT2D eigenvalue weighted by molar-refractivity contribution is 6.30. The molecule has 1 aliphatic rings. The number of hydrogen-bond acceptors (Lipinski definition) is 3. The number of hydrogen-bond donors (Lipinski definition) is 2. The summed E-state index contributed by atoms with van der Waals surface area (Å²) in [5, 5.41) is 12.6. The largest absolute Gasteiger partial charge is 0.481 e. The lowest BCUT2D eigenvalue weighted by atomic mass is 10.1. The summed E-state index contributed by atoms with van der Waals surface area (Å²) in [6.07, 6.45) is 1.34. The van der Waals surface area contributed by atoms with Gasteiger partial charge in [-0.3, -0.25) is 4.79 Å². The van der Waals surface area contributed by atoms with Crippen molar-refractivity contribution in [1.82, 2.24) is 5.32 Å². The number of amides is 1. The van der Waals surface area contributed by atoms with Gasteiger partial charge >= 0.3 is 0 Å². The summed E-state index contributed by atoms with van der Waals surface area (Å²) in [6.45, 7) is 2.32. The Morgan fingerprint density at radius 3 is 2.89 bits per heavy atom. The minimum atomic E-state index is -0.590. The summed E-state index contributed by atoms with van der Waals surface area (Å²) in [4.78, 5) is 11.9. The third-order valence-corrected chi connectivity index (χ3v) is 3.64. The summed E-state index contributed by atoms with van der Waals surface area (Å²) >= 11 is 5.85. The minimum absolute atomic E-state index is 0.0918. The van der Waals surface area contributed by atoms with E-state index in [0.717, 1.165) is 12.8 Å². The quantitative estimate of drug-likeness (QED) is 0.839. The normalized spacial score (nSPS) is 17.6. The molecule has 1 amide bonds. The highest BCUT2D eigenvalue weighted by Gasteiger charge is 2.42. The molecule has 104 valence electrons. The summed E-state index contributed by atoms with van der Waals surface area (Å²) in [5.74, 6) is 0.387. The zero-order valence-electron chi connectivity index (χ0n) is 10.9. The smallest absolute Gasteiger partial charge is 0.260 e. The Balaban J connectivity index is 1.82. The SMILES string of the molecule is CC(Oc1cccc(Cl)c1)C(=O)NCC1(CO)CC1. The van der Waals surface area contributed by atoms with E-state index in [2.05, 4.69) is 5.32 Å². The van der Waals surface area contributed by atoms with Crippen molar-refractivity contribution in [2.75, 3.05) is 13.2 Å². The van der Waals surface area contributed by atoms with Crippen LogP contribution in [0.2, 0.25) is 5.02 Å². The number of aliphatic hydroxyl groups excluding tert-OH is 1. The van der Waals surface area contributed by atoms with E-state index in [9.17, 15) is 9.90 Å². The van der Waals surface area contributed by atoms with Gasteiger partial charge in [0.25, 0.3) is 5.91 Å². The third kappa shape index (κ3) is 3.85. The lowest BCUT2D eigenvalue weighted by Crippen LogP contribution is -2.40. The van der Waals surface area contributed by atoms with E-state index in [4.69, 9.17) is 16.3 Å². The third-order valence-electron chi connectivity index (χ3n) is 3.41. The number of carbonyl (C=O) groups is 1. The Hall–Kier alpha value is -1.26. The molecule has 1 aliphatic carbocycles. The predicted octanol–water partition coefficient (Wildman–Crippen LogP) is 2.00. The Morgan fingerprint density at radius 1 is 1.58 bits per heavy atom. The molecule has 5 heteroatoms. The summed E-state index contributed by atoms with van der Waals surface area (Å²) in [6, 6.07) is 6.94. The number of carbonyl (C=O) groups excluding carboxylic acids is 1. The van der Waals surface area contributed by atoms with Crippen LogP contribution < -0.4 is 10.1 Å². The summed E-state index contributed by atoms with van der Waals surface area (Å²) in [5.41, 5.74) is -0.0918. The Labute approximate surface area is 117 Å². The van der Waals surface area contributed by atoms with Crippen molar-refractivity contribution < 1.29 is 14.6 Å². The highest BCUT2D eigenvalue weighted by atomic mass is 35.5. The van der Waals surface area contributed by atoms with Gasteiger partial charge < -0.3 is 15.2 Å². The second-order valence-electron chi connectivity index (χ2n) is 5.09. The van der Waals surface area contributed by atoms with Crippen molar-refractivity contribution in [1.29, 1.82) is 0 Å². The maximum Gasteiger partial charge on any atom is 0.260 e. The van der Waals surface area contributed by atoms with Crippen molar-refractivity contribution in [3.63, 3.8) is 0 Å². The van der Waals surface area contributed by atoms with Crippen molar-refractivity contribution in [2.24, 2.45) is 5.41 Å². The zero-order chi connectivity index (χ0) is 13.9. The Morgan fingerprint density at radius 2 is 2.32 bits per heavy atom. The molecule has 0 aliphatic heterocycles. The van der Waals surface area contributed by atoms with Gasteiger partial charge in [-0.25, -0.2) is 0 Å².